The van der Waals surface area contributed by atoms with Gasteiger partial charge in [0.1, 0.15) is 18.1 Å². The summed E-state index contributed by atoms with van der Waals surface area (Å²) in [6.07, 6.45) is 2.72. The number of Topliss-reactive ketones (excluding diaryl/α,β-unsaturated/α-hetero) is 2. The number of ketones is 2. The van der Waals surface area contributed by atoms with Gasteiger partial charge < -0.3 is 9.47 Å². The third-order valence-corrected chi connectivity index (χ3v) is 4.15. The minimum absolute atomic E-state index is 0.0000464. The number of hydrogen-bond donors (Lipinski definition) is 0. The molecule has 0 saturated heterocycles. The highest BCUT2D eigenvalue weighted by atomic mass is 16.5. The number of carbonyl (C=O) groups excluding carboxylic acids is 2. The Hall–Kier alpha value is -2.88. The summed E-state index contributed by atoms with van der Waals surface area (Å²) in [5.41, 5.74) is 3.40. The third-order valence-electron chi connectivity index (χ3n) is 4.15. The Morgan fingerprint density at radius 2 is 1.88 bits per heavy atom. The van der Waals surface area contributed by atoms with Gasteiger partial charge in [-0.15, -0.1) is 0 Å². The number of ether oxygens (including phenoxy) is 2. The summed E-state index contributed by atoms with van der Waals surface area (Å²) >= 11 is 0. The molecule has 0 unspecified atom stereocenters. The van der Waals surface area contributed by atoms with Crippen LogP contribution >= 0.6 is 0 Å². The van der Waals surface area contributed by atoms with Gasteiger partial charge in [-0.2, -0.15) is 0 Å². The zero-order valence-electron chi connectivity index (χ0n) is 14.6. The lowest BCUT2D eigenvalue weighted by atomic mass is 10.0. The van der Waals surface area contributed by atoms with Crippen molar-refractivity contribution in [2.75, 3.05) is 6.61 Å². The highest BCUT2D eigenvalue weighted by Gasteiger charge is 2.30. The number of fused-ring (bicyclic) bond motifs is 1. The number of aryl methyl sites for hydroxylation is 1. The number of hydrogen-bond acceptors (Lipinski definition) is 4. The van der Waals surface area contributed by atoms with Crippen molar-refractivity contribution in [1.82, 2.24) is 0 Å². The molecule has 2 aromatic rings. The minimum Gasteiger partial charge on any atom is -0.485 e. The molecule has 2 aromatic carbocycles. The van der Waals surface area contributed by atoms with Crippen LogP contribution in [0.1, 0.15) is 40.9 Å². The van der Waals surface area contributed by atoms with Crippen LogP contribution in [0.25, 0.3) is 6.08 Å². The zero-order valence-corrected chi connectivity index (χ0v) is 14.6. The highest BCUT2D eigenvalue weighted by molar-refractivity contribution is 6.14. The van der Waals surface area contributed by atoms with Crippen LogP contribution in [0, 0.1) is 6.92 Å². The molecular weight excluding hydrogens is 316 g/mol. The summed E-state index contributed by atoms with van der Waals surface area (Å²) in [7, 11) is 0. The Balaban J connectivity index is 1.88. The average molecular weight is 336 g/mol. The maximum atomic E-state index is 12.6. The molecule has 0 aliphatic carbocycles. The van der Waals surface area contributed by atoms with Crippen molar-refractivity contribution < 1.29 is 19.1 Å². The predicted octanol–water partition coefficient (Wildman–Crippen LogP) is 4.14. The number of carbonyl (C=O) groups is 2. The predicted molar refractivity (Wildman–Crippen MR) is 96.1 cm³/mol. The fourth-order valence-corrected chi connectivity index (χ4v) is 2.70. The van der Waals surface area contributed by atoms with E-state index in [9.17, 15) is 9.59 Å². The van der Waals surface area contributed by atoms with Crippen molar-refractivity contribution in [1.29, 1.82) is 0 Å². The molecule has 0 radical (unpaired) electrons. The van der Waals surface area contributed by atoms with Gasteiger partial charge in [-0.3, -0.25) is 9.59 Å². The molecule has 0 amide bonds. The van der Waals surface area contributed by atoms with E-state index in [4.69, 9.17) is 9.47 Å². The van der Waals surface area contributed by atoms with Crippen LogP contribution in [0.2, 0.25) is 0 Å². The van der Waals surface area contributed by atoms with Gasteiger partial charge in [-0.1, -0.05) is 31.2 Å². The van der Waals surface area contributed by atoms with Crippen molar-refractivity contribution in [2.45, 2.75) is 27.2 Å². The van der Waals surface area contributed by atoms with E-state index in [-0.39, 0.29) is 18.2 Å². The van der Waals surface area contributed by atoms with E-state index in [1.807, 2.05) is 31.2 Å². The van der Waals surface area contributed by atoms with E-state index >= 15 is 0 Å². The van der Waals surface area contributed by atoms with Gasteiger partial charge >= 0.3 is 0 Å². The molecule has 1 aliphatic heterocycles. The monoisotopic (exact) mass is 336 g/mol. The maximum absolute atomic E-state index is 12.6. The Bertz CT molecular complexity index is 860. The Kier molecular flexibility index (Phi) is 4.70. The van der Waals surface area contributed by atoms with Crippen LogP contribution in [0.3, 0.4) is 0 Å². The van der Waals surface area contributed by atoms with Gasteiger partial charge in [0.25, 0.3) is 0 Å². The second-order valence-corrected chi connectivity index (χ2v) is 6.09. The Morgan fingerprint density at radius 3 is 2.52 bits per heavy atom. The second-order valence-electron chi connectivity index (χ2n) is 6.09. The molecule has 4 heteroatoms. The highest BCUT2D eigenvalue weighted by Crippen LogP contribution is 2.39. The molecule has 1 aliphatic rings. The molecule has 25 heavy (non-hydrogen) atoms. The van der Waals surface area contributed by atoms with E-state index in [1.54, 1.807) is 18.2 Å². The van der Waals surface area contributed by atoms with Gasteiger partial charge in [-0.25, -0.2) is 0 Å². The zero-order chi connectivity index (χ0) is 18.0. The molecule has 128 valence electrons. The van der Waals surface area contributed by atoms with Crippen molar-refractivity contribution in [3.05, 3.63) is 64.4 Å². The fraction of sp³-hybridized carbons (Fsp3) is 0.238. The van der Waals surface area contributed by atoms with Gasteiger partial charge in [0, 0.05) is 5.56 Å². The largest absolute Gasteiger partial charge is 0.485 e. The van der Waals surface area contributed by atoms with Crippen molar-refractivity contribution in [3.8, 4) is 11.5 Å². The van der Waals surface area contributed by atoms with Gasteiger partial charge in [0.15, 0.2) is 11.5 Å². The van der Waals surface area contributed by atoms with E-state index in [2.05, 4.69) is 6.92 Å². The Labute approximate surface area is 147 Å². The van der Waals surface area contributed by atoms with E-state index in [0.29, 0.717) is 22.8 Å². The molecule has 0 bridgehead atoms. The topological polar surface area (TPSA) is 52.6 Å². The Morgan fingerprint density at radius 1 is 1.16 bits per heavy atom. The van der Waals surface area contributed by atoms with E-state index in [0.717, 1.165) is 17.5 Å². The van der Waals surface area contributed by atoms with Crippen LogP contribution in [-0.4, -0.2) is 18.2 Å². The maximum Gasteiger partial charge on any atom is 0.231 e. The van der Waals surface area contributed by atoms with Gasteiger partial charge in [0.2, 0.25) is 5.78 Å². The van der Waals surface area contributed by atoms with Crippen molar-refractivity contribution in [2.24, 2.45) is 0 Å². The average Bonchev–Trinajstić information content (AvgIpc) is 2.92. The molecule has 0 aromatic heterocycles. The summed E-state index contributed by atoms with van der Waals surface area (Å²) < 4.78 is 11.3. The van der Waals surface area contributed by atoms with Crippen LogP contribution in [0.4, 0.5) is 0 Å². The fourth-order valence-electron chi connectivity index (χ4n) is 2.70. The van der Waals surface area contributed by atoms with Crippen molar-refractivity contribution >= 4 is 17.6 Å². The van der Waals surface area contributed by atoms with Crippen LogP contribution < -0.4 is 9.47 Å². The lowest BCUT2D eigenvalue weighted by Crippen LogP contribution is -2.07. The molecule has 0 spiro atoms. The number of allylic oxidation sites excluding steroid dienone is 1. The lowest BCUT2D eigenvalue weighted by molar-refractivity contribution is -0.118. The van der Waals surface area contributed by atoms with Crippen LogP contribution in [0.5, 0.6) is 11.5 Å². The van der Waals surface area contributed by atoms with E-state index in [1.165, 1.54) is 12.5 Å². The third kappa shape index (κ3) is 3.48. The molecular formula is C21H20O4. The SMILES string of the molecule is CCc1ccc(/C=C2\Oc3c(ccc(OCC(C)=O)c3C)C2=O)cc1. The molecule has 0 saturated carbocycles. The first-order valence-electron chi connectivity index (χ1n) is 8.28. The van der Waals surface area contributed by atoms with Gasteiger partial charge in [-0.05, 0) is 49.6 Å². The summed E-state index contributed by atoms with van der Waals surface area (Å²) in [5, 5.41) is 0. The first-order chi connectivity index (χ1) is 12.0. The van der Waals surface area contributed by atoms with Gasteiger partial charge in [0.05, 0.1) is 5.56 Å². The minimum atomic E-state index is -0.143. The van der Waals surface area contributed by atoms with Crippen molar-refractivity contribution in [3.63, 3.8) is 0 Å². The summed E-state index contributed by atoms with van der Waals surface area (Å²) in [6.45, 7) is 5.39. The smallest absolute Gasteiger partial charge is 0.231 e. The quantitative estimate of drug-likeness (QED) is 0.770. The number of rotatable bonds is 5. The lowest BCUT2D eigenvalue weighted by Gasteiger charge is -2.10. The first kappa shape index (κ1) is 17.0. The first-order valence-corrected chi connectivity index (χ1v) is 8.28. The number of benzene rings is 2. The molecule has 1 heterocycles. The molecule has 0 atom stereocenters. The summed E-state index contributed by atoms with van der Waals surface area (Å²) in [4.78, 5) is 23.7. The summed E-state index contributed by atoms with van der Waals surface area (Å²) in [5.74, 6) is 1.15. The molecule has 0 N–H and O–H groups in total. The van der Waals surface area contributed by atoms with Crippen LogP contribution in [0.15, 0.2) is 42.2 Å². The van der Waals surface area contributed by atoms with Crippen LogP contribution in [-0.2, 0) is 11.2 Å². The molecule has 3 rings (SSSR count). The second kappa shape index (κ2) is 6.93. The molecule has 4 nitrogen and oxygen atoms in total. The van der Waals surface area contributed by atoms with E-state index < -0.39 is 0 Å². The normalized spacial score (nSPS) is 14.4. The molecule has 0 fully saturated rings. The summed E-state index contributed by atoms with van der Waals surface area (Å²) in [6, 6.07) is 11.4. The standard InChI is InChI=1S/C21H20O4/c1-4-15-5-7-16(8-6-15)11-19-20(23)17-9-10-18(24-12-13(2)22)14(3)21(17)25-19/h5-11H,4,12H2,1-3H3/b19-11-.